The van der Waals surface area contributed by atoms with Crippen LogP contribution in [-0.2, 0) is 23.7 Å². The van der Waals surface area contributed by atoms with Gasteiger partial charge in [-0.15, -0.1) is 0 Å². The summed E-state index contributed by atoms with van der Waals surface area (Å²) in [7, 11) is 3.28. The van der Waals surface area contributed by atoms with Gasteiger partial charge in [0.1, 0.15) is 6.10 Å². The molecule has 0 aromatic carbocycles. The van der Waals surface area contributed by atoms with Gasteiger partial charge in [-0.25, -0.2) is 0 Å². The van der Waals surface area contributed by atoms with Crippen LogP contribution in [0.5, 0.6) is 0 Å². The van der Waals surface area contributed by atoms with E-state index in [1.54, 1.807) is 14.2 Å². The van der Waals surface area contributed by atoms with Crippen molar-refractivity contribution in [2.45, 2.75) is 170 Å². The maximum Gasteiger partial charge on any atom is 0.303 e. The molecule has 15 atom stereocenters. The Bertz CT molecular complexity index is 1010. The van der Waals surface area contributed by atoms with Gasteiger partial charge in [-0.2, -0.15) is 0 Å². The molecule has 12 heteroatoms. The minimum Gasteiger partial charge on any atom is -0.481 e. The third kappa shape index (κ3) is 9.89. The van der Waals surface area contributed by atoms with Gasteiger partial charge in [-0.1, -0.05) is 0 Å². The van der Waals surface area contributed by atoms with Crippen molar-refractivity contribution in [2.75, 3.05) is 27.4 Å². The SMILES string of the molecule is COC1CC(CCC2CC(O)CC(C3CC(OC)C(O)C(OCC4NC(C)CCC4(CC(=O)O)CC4CCNC(N)C4)C3)O2)CCC1O. The first kappa shape index (κ1) is 38.3. The number of aliphatic hydroxyl groups is 3. The van der Waals surface area contributed by atoms with Crippen LogP contribution in [0.1, 0.15) is 103 Å². The predicted octanol–water partition coefficient (Wildman–Crippen LogP) is 2.30. The summed E-state index contributed by atoms with van der Waals surface area (Å²) in [5.41, 5.74) is 5.77. The van der Waals surface area contributed by atoms with E-state index in [1.165, 1.54) is 0 Å². The molecule has 0 spiro atoms. The molecule has 12 nitrogen and oxygen atoms in total. The third-order valence-corrected chi connectivity index (χ3v) is 12.7. The summed E-state index contributed by atoms with van der Waals surface area (Å²) in [5, 5.41) is 49.6. The number of aliphatic hydroxyl groups excluding tert-OH is 3. The van der Waals surface area contributed by atoms with Crippen molar-refractivity contribution < 1.29 is 44.2 Å². The normalized spacial score (nSPS) is 45.9. The van der Waals surface area contributed by atoms with Crippen molar-refractivity contribution in [3.63, 3.8) is 0 Å². The van der Waals surface area contributed by atoms with Gasteiger partial charge in [0.25, 0.3) is 0 Å². The van der Waals surface area contributed by atoms with Gasteiger partial charge in [-0.3, -0.25) is 4.79 Å². The number of carboxylic acid groups (broad SMARTS) is 1. The molecule has 8 N–H and O–H groups in total. The van der Waals surface area contributed by atoms with Crippen molar-refractivity contribution in [1.29, 1.82) is 0 Å². The lowest BCUT2D eigenvalue weighted by molar-refractivity contribution is -0.181. The fraction of sp³-hybridized carbons (Fsp3) is 0.972. The Balaban J connectivity index is 1.23. The molecule has 5 fully saturated rings. The van der Waals surface area contributed by atoms with E-state index in [0.29, 0.717) is 44.1 Å². The van der Waals surface area contributed by atoms with E-state index in [2.05, 4.69) is 17.6 Å². The second-order valence-electron chi connectivity index (χ2n) is 16.1. The van der Waals surface area contributed by atoms with E-state index in [9.17, 15) is 25.2 Å². The number of hydrogen-bond donors (Lipinski definition) is 7. The standard InChI is InChI=1S/C36H65N3O9/c1-21-8-10-36(19-34(42)43,18-23-9-11-38-33(37)13-23)32(39-21)20-47-31-15-24(14-30(46-3)35(31)44)28-17-25(40)16-26(48-28)6-4-22-5-7-27(41)29(12-22)45-2/h21-33,35,38-41,44H,4-20,37H2,1-3H3,(H,42,43). The molecule has 5 aliphatic rings. The Hall–Kier alpha value is -0.930. The first-order chi connectivity index (χ1) is 23.0. The van der Waals surface area contributed by atoms with Crippen LogP contribution >= 0.6 is 0 Å². The minimum atomic E-state index is -0.816. The molecule has 2 aliphatic carbocycles. The van der Waals surface area contributed by atoms with Crippen LogP contribution in [0.25, 0.3) is 0 Å². The van der Waals surface area contributed by atoms with Crippen molar-refractivity contribution in [3.05, 3.63) is 0 Å². The van der Waals surface area contributed by atoms with Crippen LogP contribution in [0.2, 0.25) is 0 Å². The van der Waals surface area contributed by atoms with Gasteiger partial charge in [0.2, 0.25) is 0 Å². The Morgan fingerprint density at radius 3 is 2.42 bits per heavy atom. The Labute approximate surface area is 287 Å². The number of carboxylic acids is 1. The zero-order valence-electron chi connectivity index (χ0n) is 29.5. The van der Waals surface area contributed by atoms with Crippen molar-refractivity contribution in [1.82, 2.24) is 10.6 Å². The molecule has 0 amide bonds. The molecule has 5 rings (SSSR count). The number of rotatable bonds is 13. The van der Waals surface area contributed by atoms with Gasteiger partial charge < -0.3 is 55.7 Å². The first-order valence-electron chi connectivity index (χ1n) is 18.8. The molecule has 2 saturated carbocycles. The van der Waals surface area contributed by atoms with E-state index < -0.39 is 41.9 Å². The quantitative estimate of drug-likeness (QED) is 0.151. The Kier molecular flexibility index (Phi) is 14.0. The van der Waals surface area contributed by atoms with Gasteiger partial charge in [0.15, 0.2) is 0 Å². The highest BCUT2D eigenvalue weighted by atomic mass is 16.5. The highest BCUT2D eigenvalue weighted by Crippen LogP contribution is 2.45. The molecule has 3 heterocycles. The molecular weight excluding hydrogens is 618 g/mol. The second kappa shape index (κ2) is 17.5. The van der Waals surface area contributed by atoms with Crippen LogP contribution in [0, 0.1) is 23.2 Å². The molecule has 0 bridgehead atoms. The lowest BCUT2D eigenvalue weighted by Gasteiger charge is -2.49. The van der Waals surface area contributed by atoms with E-state index in [0.717, 1.165) is 70.8 Å². The largest absolute Gasteiger partial charge is 0.481 e. The van der Waals surface area contributed by atoms with Crippen molar-refractivity contribution in [2.24, 2.45) is 28.9 Å². The Morgan fingerprint density at radius 2 is 1.69 bits per heavy atom. The van der Waals surface area contributed by atoms with E-state index >= 15 is 0 Å². The van der Waals surface area contributed by atoms with Crippen LogP contribution in [0.3, 0.4) is 0 Å². The van der Waals surface area contributed by atoms with Gasteiger partial charge in [0, 0.05) is 26.3 Å². The summed E-state index contributed by atoms with van der Waals surface area (Å²) in [4.78, 5) is 12.3. The smallest absolute Gasteiger partial charge is 0.303 e. The fourth-order valence-electron chi connectivity index (χ4n) is 9.91. The van der Waals surface area contributed by atoms with Gasteiger partial charge in [0.05, 0.1) is 61.9 Å². The van der Waals surface area contributed by atoms with Crippen molar-refractivity contribution >= 4 is 5.97 Å². The number of nitrogens with two attached hydrogens (primary N) is 1. The topological polar surface area (TPSA) is 185 Å². The lowest BCUT2D eigenvalue weighted by atomic mass is 9.64. The predicted molar refractivity (Wildman–Crippen MR) is 180 cm³/mol. The zero-order chi connectivity index (χ0) is 34.4. The highest BCUT2D eigenvalue weighted by Gasteiger charge is 2.48. The first-order valence-corrected chi connectivity index (χ1v) is 18.8. The molecule has 0 aromatic rings. The van der Waals surface area contributed by atoms with Crippen LogP contribution in [-0.4, -0.2) is 121 Å². The second-order valence-corrected chi connectivity index (χ2v) is 16.1. The summed E-state index contributed by atoms with van der Waals surface area (Å²) >= 11 is 0. The number of carbonyl (C=O) groups is 1. The molecule has 48 heavy (non-hydrogen) atoms. The van der Waals surface area contributed by atoms with E-state index in [-0.39, 0.29) is 48.9 Å². The summed E-state index contributed by atoms with van der Waals surface area (Å²) in [6.07, 6.45) is 8.13. The highest BCUT2D eigenvalue weighted by molar-refractivity contribution is 5.68. The van der Waals surface area contributed by atoms with E-state index in [1.807, 2.05) is 0 Å². The number of piperidine rings is 2. The number of nitrogens with one attached hydrogen (secondary N) is 2. The molecule has 278 valence electrons. The Morgan fingerprint density at radius 1 is 0.917 bits per heavy atom. The maximum atomic E-state index is 12.3. The maximum absolute atomic E-state index is 12.3. The number of aliphatic carboxylic acids is 1. The average Bonchev–Trinajstić information content (AvgIpc) is 3.05. The summed E-state index contributed by atoms with van der Waals surface area (Å²) in [5.74, 6) is 0.0567. The van der Waals surface area contributed by atoms with E-state index in [4.69, 9.17) is 24.7 Å². The average molecular weight is 684 g/mol. The lowest BCUT2D eigenvalue weighted by Crippen LogP contribution is -2.59. The summed E-state index contributed by atoms with van der Waals surface area (Å²) in [6.45, 7) is 3.28. The summed E-state index contributed by atoms with van der Waals surface area (Å²) in [6, 6.07) is 0.0624. The number of methoxy groups -OCH3 is 2. The molecule has 0 radical (unpaired) electrons. The molecule has 3 aliphatic heterocycles. The van der Waals surface area contributed by atoms with Gasteiger partial charge >= 0.3 is 5.97 Å². The molecule has 3 saturated heterocycles. The van der Waals surface area contributed by atoms with Crippen LogP contribution in [0.4, 0.5) is 0 Å². The zero-order valence-corrected chi connectivity index (χ0v) is 29.5. The number of hydrogen-bond acceptors (Lipinski definition) is 11. The van der Waals surface area contributed by atoms with Crippen molar-refractivity contribution in [3.8, 4) is 0 Å². The number of ether oxygens (including phenoxy) is 4. The van der Waals surface area contributed by atoms with Crippen LogP contribution < -0.4 is 16.4 Å². The molecule has 0 aromatic heterocycles. The molecular formula is C36H65N3O9. The molecule has 15 unspecified atom stereocenters. The van der Waals surface area contributed by atoms with Crippen LogP contribution in [0.15, 0.2) is 0 Å². The fourth-order valence-corrected chi connectivity index (χ4v) is 9.91. The third-order valence-electron chi connectivity index (χ3n) is 12.7. The van der Waals surface area contributed by atoms with Gasteiger partial charge in [-0.05, 0) is 127 Å². The minimum absolute atomic E-state index is 0.0433. The summed E-state index contributed by atoms with van der Waals surface area (Å²) < 4.78 is 24.6. The monoisotopic (exact) mass is 683 g/mol.